The molecular weight excluding hydrogens is 386 g/mol. The lowest BCUT2D eigenvalue weighted by Gasteiger charge is -2.35. The number of hydrogen-bond donors (Lipinski definition) is 2. The molecule has 1 heterocycles. The number of aliphatic carboxylic acids is 2. The Morgan fingerprint density at radius 3 is 1.97 bits per heavy atom. The van der Waals surface area contributed by atoms with Gasteiger partial charge in [-0.25, -0.2) is 14.4 Å². The number of benzene rings is 1. The number of nitrogens with zero attached hydrogens (tertiary/aromatic N) is 1. The molecule has 0 atom stereocenters. The highest BCUT2D eigenvalue weighted by Gasteiger charge is 2.39. The van der Waals surface area contributed by atoms with Gasteiger partial charge in [0.15, 0.2) is 0 Å². The van der Waals surface area contributed by atoms with Gasteiger partial charge in [-0.15, -0.1) is 0 Å². The van der Waals surface area contributed by atoms with Crippen LogP contribution in [0.2, 0.25) is 0 Å². The summed E-state index contributed by atoms with van der Waals surface area (Å²) in [6.45, 7) is 8.56. The number of carbonyl (C=O) groups is 3. The molecule has 7 nitrogen and oxygen atoms in total. The van der Waals surface area contributed by atoms with E-state index in [-0.39, 0.29) is 11.1 Å². The summed E-state index contributed by atoms with van der Waals surface area (Å²) >= 11 is 0. The molecule has 160 valence electrons. The molecule has 0 radical (unpaired) electrons. The second-order valence-electron chi connectivity index (χ2n) is 8.10. The van der Waals surface area contributed by atoms with E-state index in [1.165, 1.54) is 12.2 Å². The van der Waals surface area contributed by atoms with Crippen molar-refractivity contribution in [3.8, 4) is 0 Å². The van der Waals surface area contributed by atoms with E-state index >= 15 is 0 Å². The topological polar surface area (TPSA) is 104 Å². The molecule has 0 amide bonds. The Morgan fingerprint density at radius 2 is 1.50 bits per heavy atom. The minimum absolute atomic E-state index is 0.0152. The van der Waals surface area contributed by atoms with Crippen molar-refractivity contribution in [2.45, 2.75) is 46.1 Å². The Hall–Kier alpha value is -3.35. The summed E-state index contributed by atoms with van der Waals surface area (Å²) in [6, 6.07) is 6.83. The summed E-state index contributed by atoms with van der Waals surface area (Å²) in [6.07, 6.45) is 2.78. The second kappa shape index (κ2) is 8.57. The molecule has 1 aromatic rings. The lowest BCUT2D eigenvalue weighted by atomic mass is 9.78. The first-order valence-corrected chi connectivity index (χ1v) is 9.47. The SMILES string of the molecule is CC1=C(C(=O)O)C(c2ccccc2/C=C/C(=O)OC(C)(C)C)C(C(=O)O)=C(C)N1C. The molecular formula is C23H27NO6. The van der Waals surface area contributed by atoms with Crippen LogP contribution in [0.15, 0.2) is 52.9 Å². The predicted octanol–water partition coefficient (Wildman–Crippen LogP) is 3.79. The monoisotopic (exact) mass is 413 g/mol. The van der Waals surface area contributed by atoms with Gasteiger partial charge in [0.1, 0.15) is 5.60 Å². The lowest BCUT2D eigenvalue weighted by Crippen LogP contribution is -2.32. The van der Waals surface area contributed by atoms with Crippen molar-refractivity contribution in [1.82, 2.24) is 4.90 Å². The van der Waals surface area contributed by atoms with Crippen LogP contribution < -0.4 is 0 Å². The molecule has 0 unspecified atom stereocenters. The van der Waals surface area contributed by atoms with E-state index in [0.717, 1.165) is 0 Å². The molecule has 0 saturated carbocycles. The number of carboxylic acid groups (broad SMARTS) is 2. The average molecular weight is 413 g/mol. The van der Waals surface area contributed by atoms with Gasteiger partial charge in [0.25, 0.3) is 0 Å². The van der Waals surface area contributed by atoms with Crippen molar-refractivity contribution in [3.05, 3.63) is 64.0 Å². The van der Waals surface area contributed by atoms with Gasteiger partial charge in [-0.1, -0.05) is 24.3 Å². The van der Waals surface area contributed by atoms with Crippen LogP contribution >= 0.6 is 0 Å². The van der Waals surface area contributed by atoms with Gasteiger partial charge in [0.05, 0.1) is 17.1 Å². The molecule has 0 bridgehead atoms. The lowest BCUT2D eigenvalue weighted by molar-refractivity contribution is -0.148. The van der Waals surface area contributed by atoms with Crippen LogP contribution in [0.4, 0.5) is 0 Å². The first-order chi connectivity index (χ1) is 13.8. The number of carboxylic acids is 2. The van der Waals surface area contributed by atoms with Crippen LogP contribution in [0.5, 0.6) is 0 Å². The number of rotatable bonds is 5. The fraction of sp³-hybridized carbons (Fsp3) is 0.348. The normalized spacial score (nSPS) is 15.7. The largest absolute Gasteiger partial charge is 0.478 e. The van der Waals surface area contributed by atoms with E-state index in [2.05, 4.69) is 0 Å². The molecule has 2 rings (SSSR count). The number of carbonyl (C=O) groups excluding carboxylic acids is 1. The fourth-order valence-electron chi connectivity index (χ4n) is 3.46. The molecule has 1 aliphatic rings. The molecule has 1 aliphatic heterocycles. The highest BCUT2D eigenvalue weighted by atomic mass is 16.6. The summed E-state index contributed by atoms with van der Waals surface area (Å²) < 4.78 is 5.27. The van der Waals surface area contributed by atoms with Gasteiger partial charge in [0, 0.05) is 24.5 Å². The first kappa shape index (κ1) is 22.9. The quantitative estimate of drug-likeness (QED) is 0.559. The Bertz CT molecular complexity index is 940. The zero-order valence-corrected chi connectivity index (χ0v) is 18.0. The summed E-state index contributed by atoms with van der Waals surface area (Å²) in [5.41, 5.74) is 1.26. The zero-order valence-electron chi connectivity index (χ0n) is 18.0. The summed E-state index contributed by atoms with van der Waals surface area (Å²) in [5.74, 6) is -3.92. The number of allylic oxidation sites excluding steroid dienone is 2. The second-order valence-corrected chi connectivity index (χ2v) is 8.10. The van der Waals surface area contributed by atoms with Crippen molar-refractivity contribution in [1.29, 1.82) is 0 Å². The first-order valence-electron chi connectivity index (χ1n) is 9.47. The summed E-state index contributed by atoms with van der Waals surface area (Å²) in [4.78, 5) is 37.9. The maximum absolute atomic E-state index is 12.1. The van der Waals surface area contributed by atoms with Crippen molar-refractivity contribution < 1.29 is 29.3 Å². The number of esters is 1. The van der Waals surface area contributed by atoms with Gasteiger partial charge in [-0.05, 0) is 51.8 Å². The van der Waals surface area contributed by atoms with E-state index in [1.807, 2.05) is 0 Å². The zero-order chi connectivity index (χ0) is 22.8. The molecule has 0 aromatic heterocycles. The van der Waals surface area contributed by atoms with Crippen molar-refractivity contribution in [2.24, 2.45) is 0 Å². The molecule has 0 saturated heterocycles. The molecule has 0 aliphatic carbocycles. The maximum atomic E-state index is 12.1. The van der Waals surface area contributed by atoms with Crippen molar-refractivity contribution >= 4 is 24.0 Å². The molecule has 0 fully saturated rings. The van der Waals surface area contributed by atoms with E-state index in [1.54, 1.807) is 70.8 Å². The van der Waals surface area contributed by atoms with Gasteiger partial charge >= 0.3 is 17.9 Å². The molecule has 7 heteroatoms. The Kier molecular flexibility index (Phi) is 6.55. The highest BCUT2D eigenvalue weighted by Crippen LogP contribution is 2.42. The van der Waals surface area contributed by atoms with Gasteiger partial charge in [-0.3, -0.25) is 0 Å². The predicted molar refractivity (Wildman–Crippen MR) is 112 cm³/mol. The van der Waals surface area contributed by atoms with Gasteiger partial charge < -0.3 is 19.8 Å². The van der Waals surface area contributed by atoms with E-state index in [4.69, 9.17) is 4.74 Å². The third kappa shape index (κ3) is 4.79. The third-order valence-corrected chi connectivity index (χ3v) is 4.94. The van der Waals surface area contributed by atoms with Crippen molar-refractivity contribution in [2.75, 3.05) is 7.05 Å². The van der Waals surface area contributed by atoms with Crippen LogP contribution in [0.3, 0.4) is 0 Å². The van der Waals surface area contributed by atoms with Crippen molar-refractivity contribution in [3.63, 3.8) is 0 Å². The number of hydrogen-bond acceptors (Lipinski definition) is 5. The third-order valence-electron chi connectivity index (χ3n) is 4.94. The van der Waals surface area contributed by atoms with Crippen LogP contribution in [-0.2, 0) is 19.1 Å². The Balaban J connectivity index is 2.64. The van der Waals surface area contributed by atoms with Gasteiger partial charge in [-0.2, -0.15) is 0 Å². The Morgan fingerprint density at radius 1 is 1.00 bits per heavy atom. The highest BCUT2D eigenvalue weighted by molar-refractivity contribution is 5.99. The van der Waals surface area contributed by atoms with E-state index in [9.17, 15) is 24.6 Å². The van der Waals surface area contributed by atoms with Crippen LogP contribution in [0.25, 0.3) is 6.08 Å². The smallest absolute Gasteiger partial charge is 0.334 e. The fourth-order valence-corrected chi connectivity index (χ4v) is 3.46. The molecule has 0 spiro atoms. The molecule has 1 aromatic carbocycles. The standard InChI is InChI=1S/C23H27NO6/c1-13-18(21(26)27)20(19(22(28)29)14(2)24(13)6)16-10-8-7-9-15(16)11-12-17(25)30-23(3,4)5/h7-12,20H,1-6H3,(H,26,27)(H,28,29)/b12-11+. The minimum Gasteiger partial charge on any atom is -0.478 e. The molecule has 2 N–H and O–H groups in total. The van der Waals surface area contributed by atoms with E-state index in [0.29, 0.717) is 22.5 Å². The van der Waals surface area contributed by atoms with Gasteiger partial charge in [0.2, 0.25) is 0 Å². The van der Waals surface area contributed by atoms with Crippen LogP contribution in [0.1, 0.15) is 51.7 Å². The van der Waals surface area contributed by atoms with Crippen LogP contribution in [-0.4, -0.2) is 45.7 Å². The maximum Gasteiger partial charge on any atom is 0.334 e. The molecule has 30 heavy (non-hydrogen) atoms. The minimum atomic E-state index is -1.19. The van der Waals surface area contributed by atoms with Crippen LogP contribution in [0, 0.1) is 0 Å². The summed E-state index contributed by atoms with van der Waals surface area (Å²) in [7, 11) is 1.64. The van der Waals surface area contributed by atoms with E-state index < -0.39 is 29.4 Å². The Labute approximate surface area is 176 Å². The number of ether oxygens (including phenoxy) is 1. The summed E-state index contributed by atoms with van der Waals surface area (Å²) in [5, 5.41) is 19.8. The average Bonchev–Trinajstić information content (AvgIpc) is 2.62.